The molecule has 0 spiro atoms. The van der Waals surface area contributed by atoms with Crippen molar-refractivity contribution in [3.63, 3.8) is 0 Å². The van der Waals surface area contributed by atoms with Crippen LogP contribution in [0.25, 0.3) is 0 Å². The Kier molecular flexibility index (Phi) is 5.74. The molecular weight excluding hydrogens is 254 g/mol. The highest BCUT2D eigenvalue weighted by atomic mass is 32.2. The van der Waals surface area contributed by atoms with E-state index in [9.17, 15) is 5.11 Å². The number of aliphatic hydroxyl groups excluding tert-OH is 1. The van der Waals surface area contributed by atoms with Crippen LogP contribution in [0.1, 0.15) is 37.0 Å². The Bertz CT molecular complexity index is 396. The van der Waals surface area contributed by atoms with Crippen LogP contribution >= 0.6 is 11.8 Å². The van der Waals surface area contributed by atoms with Crippen molar-refractivity contribution in [3.05, 3.63) is 35.4 Å². The number of nitrogens with zero attached hydrogens (tertiary/aromatic N) is 1. The van der Waals surface area contributed by atoms with Crippen LogP contribution in [0.4, 0.5) is 0 Å². The lowest BCUT2D eigenvalue weighted by Gasteiger charge is -2.32. The first-order valence-electron chi connectivity index (χ1n) is 7.27. The molecule has 0 aromatic heterocycles. The van der Waals surface area contributed by atoms with Gasteiger partial charge in [-0.05, 0) is 25.3 Å². The summed E-state index contributed by atoms with van der Waals surface area (Å²) in [5.74, 6) is 1.24. The molecule has 1 aliphatic heterocycles. The van der Waals surface area contributed by atoms with E-state index < -0.39 is 0 Å². The quantitative estimate of drug-likeness (QED) is 0.895. The summed E-state index contributed by atoms with van der Waals surface area (Å²) in [4.78, 5) is 2.50. The van der Waals surface area contributed by atoms with E-state index in [1.807, 2.05) is 12.1 Å². The zero-order chi connectivity index (χ0) is 13.7. The maximum atomic E-state index is 10.3. The monoisotopic (exact) mass is 279 g/mol. The molecule has 0 bridgehead atoms. The SMILES string of the molecule is CCC1CN(CCC(O)c2cccc(C)c2)CCS1. The van der Waals surface area contributed by atoms with Gasteiger partial charge in [0, 0.05) is 30.6 Å². The van der Waals surface area contributed by atoms with E-state index >= 15 is 0 Å². The van der Waals surface area contributed by atoms with Crippen molar-refractivity contribution >= 4 is 11.8 Å². The van der Waals surface area contributed by atoms with Crippen molar-refractivity contribution in [1.82, 2.24) is 4.90 Å². The minimum Gasteiger partial charge on any atom is -0.388 e. The molecule has 0 amide bonds. The molecular formula is C16H25NOS. The molecule has 19 heavy (non-hydrogen) atoms. The predicted molar refractivity (Wildman–Crippen MR) is 83.7 cm³/mol. The van der Waals surface area contributed by atoms with Crippen LogP contribution in [0.15, 0.2) is 24.3 Å². The van der Waals surface area contributed by atoms with Gasteiger partial charge in [-0.25, -0.2) is 0 Å². The zero-order valence-corrected chi connectivity index (χ0v) is 12.8. The van der Waals surface area contributed by atoms with E-state index in [2.05, 4.69) is 42.6 Å². The first-order valence-corrected chi connectivity index (χ1v) is 8.32. The molecule has 1 heterocycles. The van der Waals surface area contributed by atoms with Crippen molar-refractivity contribution in [2.75, 3.05) is 25.4 Å². The van der Waals surface area contributed by atoms with Crippen molar-refractivity contribution in [3.8, 4) is 0 Å². The second-order valence-electron chi connectivity index (χ2n) is 5.42. The fourth-order valence-corrected chi connectivity index (χ4v) is 3.83. The summed E-state index contributed by atoms with van der Waals surface area (Å²) in [6.07, 6.45) is 1.76. The van der Waals surface area contributed by atoms with Gasteiger partial charge in [-0.3, -0.25) is 0 Å². The van der Waals surface area contributed by atoms with E-state index in [0.717, 1.165) is 23.8 Å². The van der Waals surface area contributed by atoms with Crippen molar-refractivity contribution < 1.29 is 5.11 Å². The smallest absolute Gasteiger partial charge is 0.0802 e. The summed E-state index contributed by atoms with van der Waals surface area (Å²) in [5, 5.41) is 11.0. The number of benzene rings is 1. The van der Waals surface area contributed by atoms with Gasteiger partial charge in [-0.15, -0.1) is 0 Å². The minimum absolute atomic E-state index is 0.324. The summed E-state index contributed by atoms with van der Waals surface area (Å²) in [6, 6.07) is 8.21. The van der Waals surface area contributed by atoms with Crippen molar-refractivity contribution in [1.29, 1.82) is 0 Å². The third-order valence-corrected chi connectivity index (χ3v) is 5.20. The Morgan fingerprint density at radius 2 is 2.32 bits per heavy atom. The Morgan fingerprint density at radius 3 is 3.05 bits per heavy atom. The molecule has 2 unspecified atom stereocenters. The number of rotatable bonds is 5. The summed E-state index contributed by atoms with van der Waals surface area (Å²) < 4.78 is 0. The number of thioether (sulfide) groups is 1. The summed E-state index contributed by atoms with van der Waals surface area (Å²) in [5.41, 5.74) is 2.27. The van der Waals surface area contributed by atoms with E-state index in [1.54, 1.807) is 0 Å². The molecule has 1 saturated heterocycles. The van der Waals surface area contributed by atoms with Crippen LogP contribution in [-0.2, 0) is 0 Å². The van der Waals surface area contributed by atoms with Crippen LogP contribution in [0.5, 0.6) is 0 Å². The lowest BCUT2D eigenvalue weighted by Crippen LogP contribution is -2.38. The number of hydrogen-bond donors (Lipinski definition) is 1. The average Bonchev–Trinajstić information content (AvgIpc) is 2.45. The van der Waals surface area contributed by atoms with Gasteiger partial charge >= 0.3 is 0 Å². The molecule has 0 radical (unpaired) electrons. The van der Waals surface area contributed by atoms with Crippen molar-refractivity contribution in [2.45, 2.75) is 38.0 Å². The fourth-order valence-electron chi connectivity index (χ4n) is 2.58. The minimum atomic E-state index is -0.324. The first kappa shape index (κ1) is 14.9. The van der Waals surface area contributed by atoms with E-state index in [-0.39, 0.29) is 6.10 Å². The third-order valence-electron chi connectivity index (χ3n) is 3.82. The zero-order valence-electron chi connectivity index (χ0n) is 12.0. The maximum absolute atomic E-state index is 10.3. The topological polar surface area (TPSA) is 23.5 Å². The number of aliphatic hydroxyl groups is 1. The van der Waals surface area contributed by atoms with E-state index in [4.69, 9.17) is 0 Å². The van der Waals surface area contributed by atoms with Gasteiger partial charge in [0.15, 0.2) is 0 Å². The molecule has 2 nitrogen and oxygen atoms in total. The molecule has 1 N–H and O–H groups in total. The average molecular weight is 279 g/mol. The first-order chi connectivity index (χ1) is 9.19. The van der Waals surface area contributed by atoms with Gasteiger partial charge in [0.2, 0.25) is 0 Å². The normalized spacial score (nSPS) is 22.4. The van der Waals surface area contributed by atoms with Gasteiger partial charge in [0.25, 0.3) is 0 Å². The Balaban J connectivity index is 1.81. The lowest BCUT2D eigenvalue weighted by molar-refractivity contribution is 0.142. The third kappa shape index (κ3) is 4.51. The molecule has 0 saturated carbocycles. The molecule has 1 aromatic carbocycles. The molecule has 2 rings (SSSR count). The Hall–Kier alpha value is -0.510. The summed E-state index contributed by atoms with van der Waals surface area (Å²) in [6.45, 7) is 7.70. The molecule has 2 atom stereocenters. The van der Waals surface area contributed by atoms with Gasteiger partial charge in [0.05, 0.1) is 6.10 Å². The lowest BCUT2D eigenvalue weighted by atomic mass is 10.0. The van der Waals surface area contributed by atoms with Gasteiger partial charge in [-0.2, -0.15) is 11.8 Å². The van der Waals surface area contributed by atoms with E-state index in [1.165, 1.54) is 30.8 Å². The van der Waals surface area contributed by atoms with Crippen LogP contribution < -0.4 is 0 Å². The van der Waals surface area contributed by atoms with E-state index in [0.29, 0.717) is 0 Å². The molecule has 3 heteroatoms. The molecule has 1 aliphatic rings. The molecule has 106 valence electrons. The highest BCUT2D eigenvalue weighted by Crippen LogP contribution is 2.23. The molecule has 0 aliphatic carbocycles. The van der Waals surface area contributed by atoms with Crippen LogP contribution in [0.3, 0.4) is 0 Å². The Labute approximate surface area is 121 Å². The van der Waals surface area contributed by atoms with Crippen LogP contribution in [0, 0.1) is 6.92 Å². The second kappa shape index (κ2) is 7.32. The highest BCUT2D eigenvalue weighted by Gasteiger charge is 2.19. The second-order valence-corrected chi connectivity index (χ2v) is 6.83. The predicted octanol–water partition coefficient (Wildman–Crippen LogP) is 3.25. The van der Waals surface area contributed by atoms with Gasteiger partial charge in [0.1, 0.15) is 0 Å². The highest BCUT2D eigenvalue weighted by molar-refractivity contribution is 8.00. The number of aryl methyl sites for hydroxylation is 1. The van der Waals surface area contributed by atoms with Gasteiger partial charge in [-0.1, -0.05) is 36.8 Å². The van der Waals surface area contributed by atoms with Crippen molar-refractivity contribution in [2.24, 2.45) is 0 Å². The molecule has 1 aromatic rings. The largest absolute Gasteiger partial charge is 0.388 e. The molecule has 1 fully saturated rings. The van der Waals surface area contributed by atoms with Gasteiger partial charge < -0.3 is 10.0 Å². The standard InChI is InChI=1S/C16H25NOS/c1-3-15-12-17(9-10-19-15)8-7-16(18)14-6-4-5-13(2)11-14/h4-6,11,15-16,18H,3,7-10,12H2,1-2H3. The fraction of sp³-hybridized carbons (Fsp3) is 0.625. The summed E-state index contributed by atoms with van der Waals surface area (Å²) >= 11 is 2.10. The summed E-state index contributed by atoms with van der Waals surface area (Å²) in [7, 11) is 0. The Morgan fingerprint density at radius 1 is 1.47 bits per heavy atom. The van der Waals surface area contributed by atoms with Crippen LogP contribution in [-0.4, -0.2) is 40.6 Å². The number of hydrogen-bond acceptors (Lipinski definition) is 3. The maximum Gasteiger partial charge on any atom is 0.0802 e. The van der Waals surface area contributed by atoms with Crippen LogP contribution in [0.2, 0.25) is 0 Å².